The summed E-state index contributed by atoms with van der Waals surface area (Å²) in [5.41, 5.74) is 3.00. The molecule has 57 heavy (non-hydrogen) atoms. The summed E-state index contributed by atoms with van der Waals surface area (Å²) >= 11 is 0. The third-order valence-corrected chi connectivity index (χ3v) is 10.8. The molecule has 1 N–H and O–H groups in total. The molecule has 332 valence electrons. The van der Waals surface area contributed by atoms with Crippen molar-refractivity contribution in [1.29, 1.82) is 0 Å². The van der Waals surface area contributed by atoms with Crippen molar-refractivity contribution in [3.8, 4) is 0 Å². The van der Waals surface area contributed by atoms with Crippen LogP contribution in [0.5, 0.6) is 0 Å². The molecule has 2 rings (SSSR count). The van der Waals surface area contributed by atoms with Crippen molar-refractivity contribution in [1.82, 2.24) is 9.80 Å². The molecule has 0 radical (unpaired) electrons. The van der Waals surface area contributed by atoms with Crippen molar-refractivity contribution in [2.45, 2.75) is 212 Å². The second-order valence-corrected chi connectivity index (χ2v) is 17.2. The number of aliphatic carboxylic acids is 1. The molecule has 0 aliphatic heterocycles. The lowest BCUT2D eigenvalue weighted by molar-refractivity contribution is -0.134. The molecular formula is C52H95ClN2O2. The maximum Gasteiger partial charge on any atom is 0.300 e. The molecule has 0 saturated carbocycles. The van der Waals surface area contributed by atoms with Gasteiger partial charge in [-0.05, 0) is 90.9 Å². The average Bonchev–Trinajstić information content (AvgIpc) is 3.18. The van der Waals surface area contributed by atoms with Crippen LogP contribution in [0.15, 0.2) is 60.7 Å². The van der Waals surface area contributed by atoms with Gasteiger partial charge in [-0.3, -0.25) is 4.79 Å². The van der Waals surface area contributed by atoms with Crippen molar-refractivity contribution in [3.05, 3.63) is 71.8 Å². The first-order valence-corrected chi connectivity index (χ1v) is 23.9. The van der Waals surface area contributed by atoms with Crippen LogP contribution in [-0.4, -0.2) is 62.2 Å². The highest BCUT2D eigenvalue weighted by molar-refractivity contribution is 5.85. The maximum absolute atomic E-state index is 9.00. The molecule has 0 bridgehead atoms. The highest BCUT2D eigenvalue weighted by Crippen LogP contribution is 2.16. The van der Waals surface area contributed by atoms with Crippen molar-refractivity contribution in [3.63, 3.8) is 0 Å². The average molecular weight is 816 g/mol. The van der Waals surface area contributed by atoms with E-state index in [2.05, 4.69) is 98.7 Å². The Hall–Kier alpha value is -1.88. The summed E-state index contributed by atoms with van der Waals surface area (Å²) < 4.78 is 0. The molecule has 0 aliphatic carbocycles. The van der Waals surface area contributed by atoms with Crippen LogP contribution in [0.2, 0.25) is 0 Å². The second-order valence-electron chi connectivity index (χ2n) is 17.2. The van der Waals surface area contributed by atoms with Crippen LogP contribution in [0.3, 0.4) is 0 Å². The molecule has 5 heteroatoms. The molecule has 2 aromatic rings. The Kier molecular flexibility index (Phi) is 47.0. The van der Waals surface area contributed by atoms with Crippen LogP contribution < -0.4 is 0 Å². The fourth-order valence-corrected chi connectivity index (χ4v) is 7.40. The number of hydrogen-bond donors (Lipinski definition) is 1. The zero-order valence-corrected chi connectivity index (χ0v) is 39.3. The van der Waals surface area contributed by atoms with Crippen LogP contribution in [0.25, 0.3) is 0 Å². The number of carbonyl (C=O) groups is 1. The van der Waals surface area contributed by atoms with E-state index in [-0.39, 0.29) is 12.4 Å². The van der Waals surface area contributed by atoms with Crippen LogP contribution in [0.4, 0.5) is 0 Å². The molecule has 0 aromatic heterocycles. The van der Waals surface area contributed by atoms with Gasteiger partial charge < -0.3 is 14.9 Å². The van der Waals surface area contributed by atoms with Gasteiger partial charge in [0, 0.05) is 6.92 Å². The van der Waals surface area contributed by atoms with Gasteiger partial charge in [-0.25, -0.2) is 0 Å². The minimum Gasteiger partial charge on any atom is -0.481 e. The largest absolute Gasteiger partial charge is 0.481 e. The Morgan fingerprint density at radius 1 is 0.368 bits per heavy atom. The summed E-state index contributed by atoms with van der Waals surface area (Å²) in [7, 11) is 8.69. The van der Waals surface area contributed by atoms with Crippen LogP contribution in [0.1, 0.15) is 211 Å². The van der Waals surface area contributed by atoms with Crippen LogP contribution in [0, 0.1) is 0 Å². The third-order valence-electron chi connectivity index (χ3n) is 10.8. The van der Waals surface area contributed by atoms with Gasteiger partial charge in [-0.15, -0.1) is 12.4 Å². The highest BCUT2D eigenvalue weighted by Gasteiger charge is 1.98. The van der Waals surface area contributed by atoms with Crippen LogP contribution >= 0.6 is 12.4 Å². The summed E-state index contributed by atoms with van der Waals surface area (Å²) in [5, 5.41) is 7.42. The van der Waals surface area contributed by atoms with E-state index < -0.39 is 5.97 Å². The monoisotopic (exact) mass is 815 g/mol. The molecule has 0 aliphatic rings. The van der Waals surface area contributed by atoms with Gasteiger partial charge in [0.1, 0.15) is 0 Å². The zero-order valence-electron chi connectivity index (χ0n) is 38.5. The van der Waals surface area contributed by atoms with Gasteiger partial charge in [0.25, 0.3) is 5.97 Å². The Morgan fingerprint density at radius 2 is 0.544 bits per heavy atom. The van der Waals surface area contributed by atoms with E-state index in [9.17, 15) is 0 Å². The van der Waals surface area contributed by atoms with Crippen molar-refractivity contribution in [2.24, 2.45) is 0 Å². The molecule has 2 aromatic carbocycles. The molecule has 0 amide bonds. The van der Waals surface area contributed by atoms with E-state index in [1.807, 2.05) is 0 Å². The summed E-state index contributed by atoms with van der Waals surface area (Å²) in [6, 6.07) is 21.9. The fraction of sp³-hybridized carbons (Fsp3) is 0.750. The predicted octanol–water partition coefficient (Wildman–Crippen LogP) is 15.8. The Morgan fingerprint density at radius 3 is 0.737 bits per heavy atom. The van der Waals surface area contributed by atoms with Gasteiger partial charge in [0.15, 0.2) is 0 Å². The van der Waals surface area contributed by atoms with Crippen molar-refractivity contribution in [2.75, 3.05) is 41.3 Å². The van der Waals surface area contributed by atoms with Crippen molar-refractivity contribution >= 4 is 18.4 Å². The maximum atomic E-state index is 9.00. The van der Waals surface area contributed by atoms with Gasteiger partial charge in [-0.1, -0.05) is 228 Å². The summed E-state index contributed by atoms with van der Waals surface area (Å²) in [6.07, 6.45) is 45.7. The van der Waals surface area contributed by atoms with Gasteiger partial charge in [-0.2, -0.15) is 0 Å². The van der Waals surface area contributed by atoms with Gasteiger partial charge >= 0.3 is 0 Å². The summed E-state index contributed by atoms with van der Waals surface area (Å²) in [6.45, 7) is 3.60. The summed E-state index contributed by atoms with van der Waals surface area (Å²) in [5.74, 6) is -0.833. The van der Waals surface area contributed by atoms with E-state index in [4.69, 9.17) is 9.90 Å². The quantitative estimate of drug-likeness (QED) is 0.0696. The van der Waals surface area contributed by atoms with E-state index >= 15 is 0 Å². The topological polar surface area (TPSA) is 43.8 Å². The molecular weight excluding hydrogens is 720 g/mol. The number of hydrogen-bond acceptors (Lipinski definition) is 3. The molecule has 0 fully saturated rings. The normalized spacial score (nSPS) is 10.8. The Bertz CT molecular complexity index is 951. The number of unbranched alkanes of at least 4 members (excludes halogenated alkanes) is 28. The van der Waals surface area contributed by atoms with E-state index in [0.717, 1.165) is 6.92 Å². The highest BCUT2D eigenvalue weighted by atomic mass is 35.5. The molecule has 0 unspecified atom stereocenters. The minimum absolute atomic E-state index is 0. The van der Waals surface area contributed by atoms with E-state index in [1.54, 1.807) is 0 Å². The molecule has 4 nitrogen and oxygen atoms in total. The van der Waals surface area contributed by atoms with Crippen LogP contribution in [-0.2, 0) is 17.6 Å². The zero-order chi connectivity index (χ0) is 41.0. The Balaban J connectivity index is 0. The van der Waals surface area contributed by atoms with E-state index in [1.165, 1.54) is 230 Å². The molecule has 0 saturated heterocycles. The number of nitrogens with zero attached hydrogens (tertiary/aromatic N) is 2. The number of carboxylic acids is 1. The molecule has 0 spiro atoms. The number of benzene rings is 2. The molecule has 0 heterocycles. The number of carboxylic acid groups (broad SMARTS) is 1. The fourth-order valence-electron chi connectivity index (χ4n) is 7.40. The first-order valence-electron chi connectivity index (χ1n) is 23.9. The Labute approximate surface area is 362 Å². The third kappa shape index (κ3) is 50.2. The second kappa shape index (κ2) is 46.8. The number of rotatable bonds is 36. The SMILES string of the molecule is CC(=O)O.CN(C)CCCCCCCCCCCCCCCCCc1ccccc1.CN(C)CCCCCCCCCCCCCCCCCc1ccccc1.Cl. The summed E-state index contributed by atoms with van der Waals surface area (Å²) in [4.78, 5) is 13.6. The number of halogens is 1. The first-order chi connectivity index (χ1) is 27.3. The van der Waals surface area contributed by atoms with Gasteiger partial charge in [0.05, 0.1) is 0 Å². The lowest BCUT2D eigenvalue weighted by Crippen LogP contribution is -2.12. The van der Waals surface area contributed by atoms with Gasteiger partial charge in [0.2, 0.25) is 0 Å². The number of aryl methyl sites for hydroxylation is 2. The molecule has 0 atom stereocenters. The standard InChI is InChI=1S/2C25H45N.C2H4O2.ClH/c2*1-26(2)24-20-15-13-11-9-7-5-3-4-6-8-10-12-14-17-21-25-22-18-16-19-23-25;1-2(3)4;/h2*16,18-19,22-23H,3-15,17,20-21,24H2,1-2H3;1H3,(H,3,4);1H. The first kappa shape index (κ1) is 57.2. The minimum atomic E-state index is -0.833. The lowest BCUT2D eigenvalue weighted by Gasteiger charge is -2.08. The smallest absolute Gasteiger partial charge is 0.300 e. The predicted molar refractivity (Wildman–Crippen MR) is 256 cm³/mol. The van der Waals surface area contributed by atoms with E-state index in [0.29, 0.717) is 0 Å². The van der Waals surface area contributed by atoms with Crippen molar-refractivity contribution < 1.29 is 9.90 Å². The lowest BCUT2D eigenvalue weighted by atomic mass is 10.0.